The molecule has 0 radical (unpaired) electrons. The van der Waals surface area contributed by atoms with Crippen LogP contribution >= 0.6 is 0 Å². The average molecular weight is 537 g/mol. The fraction of sp³-hybridized carbons (Fsp3) is 0.882. The fourth-order valence-corrected chi connectivity index (χ4v) is 4.99. The molecule has 38 heavy (non-hydrogen) atoms. The number of ether oxygens (including phenoxy) is 1. The van der Waals surface area contributed by atoms with Crippen LogP contribution in [-0.2, 0) is 14.3 Å². The van der Waals surface area contributed by atoms with Gasteiger partial charge >= 0.3 is 11.9 Å². The normalized spacial score (nSPS) is 12.3. The summed E-state index contributed by atoms with van der Waals surface area (Å²) in [5.74, 6) is -0.662. The van der Waals surface area contributed by atoms with E-state index in [0.717, 1.165) is 64.2 Å². The SMILES string of the molecule is CCCCCC/C=C\CCCCCCCC(=O)OC(CCCC)CCCCCCCCCCCCC(=O)O. The van der Waals surface area contributed by atoms with Gasteiger partial charge in [-0.15, -0.1) is 0 Å². The minimum Gasteiger partial charge on any atom is -0.481 e. The minimum atomic E-state index is -0.676. The van der Waals surface area contributed by atoms with Gasteiger partial charge in [-0.25, -0.2) is 0 Å². The van der Waals surface area contributed by atoms with E-state index in [1.807, 2.05) is 0 Å². The van der Waals surface area contributed by atoms with Crippen molar-refractivity contribution in [2.75, 3.05) is 0 Å². The molecule has 0 aliphatic heterocycles. The lowest BCUT2D eigenvalue weighted by Gasteiger charge is -2.18. The second-order valence-electron chi connectivity index (χ2n) is 11.3. The van der Waals surface area contributed by atoms with Crippen LogP contribution in [0, 0.1) is 0 Å². The van der Waals surface area contributed by atoms with Crippen LogP contribution in [0.4, 0.5) is 0 Å². The van der Waals surface area contributed by atoms with E-state index in [2.05, 4.69) is 26.0 Å². The molecule has 0 aromatic rings. The summed E-state index contributed by atoms with van der Waals surface area (Å²) in [6.45, 7) is 4.46. The predicted molar refractivity (Wildman–Crippen MR) is 163 cm³/mol. The van der Waals surface area contributed by atoms with Crippen LogP contribution in [0.25, 0.3) is 0 Å². The topological polar surface area (TPSA) is 63.6 Å². The Bertz CT molecular complexity index is 543. The van der Waals surface area contributed by atoms with E-state index < -0.39 is 5.97 Å². The second-order valence-corrected chi connectivity index (χ2v) is 11.3. The van der Waals surface area contributed by atoms with Gasteiger partial charge in [0.05, 0.1) is 0 Å². The maximum absolute atomic E-state index is 12.4. The average Bonchev–Trinajstić information content (AvgIpc) is 2.90. The smallest absolute Gasteiger partial charge is 0.306 e. The summed E-state index contributed by atoms with van der Waals surface area (Å²) in [5.41, 5.74) is 0. The quantitative estimate of drug-likeness (QED) is 0.0563. The van der Waals surface area contributed by atoms with Crippen LogP contribution in [0.2, 0.25) is 0 Å². The molecule has 0 saturated heterocycles. The van der Waals surface area contributed by atoms with Crippen LogP contribution in [0.3, 0.4) is 0 Å². The first-order valence-corrected chi connectivity index (χ1v) is 16.7. The van der Waals surface area contributed by atoms with Gasteiger partial charge in [0.25, 0.3) is 0 Å². The van der Waals surface area contributed by atoms with Crippen molar-refractivity contribution in [2.45, 2.75) is 193 Å². The van der Waals surface area contributed by atoms with E-state index in [0.29, 0.717) is 12.8 Å². The highest BCUT2D eigenvalue weighted by molar-refractivity contribution is 5.69. The maximum Gasteiger partial charge on any atom is 0.306 e. The highest BCUT2D eigenvalue weighted by atomic mass is 16.5. The molecule has 0 bridgehead atoms. The summed E-state index contributed by atoms with van der Waals surface area (Å²) >= 11 is 0. The molecule has 224 valence electrons. The summed E-state index contributed by atoms with van der Waals surface area (Å²) in [4.78, 5) is 22.9. The van der Waals surface area contributed by atoms with Crippen LogP contribution in [0.1, 0.15) is 187 Å². The Morgan fingerprint density at radius 2 is 0.974 bits per heavy atom. The molecule has 0 aliphatic carbocycles. The van der Waals surface area contributed by atoms with Gasteiger partial charge in [0, 0.05) is 12.8 Å². The molecule has 1 unspecified atom stereocenters. The van der Waals surface area contributed by atoms with Crippen molar-refractivity contribution in [3.05, 3.63) is 12.2 Å². The van der Waals surface area contributed by atoms with Gasteiger partial charge in [-0.3, -0.25) is 9.59 Å². The van der Waals surface area contributed by atoms with E-state index in [1.165, 1.54) is 96.3 Å². The van der Waals surface area contributed by atoms with Crippen molar-refractivity contribution >= 4 is 11.9 Å². The number of rotatable bonds is 30. The van der Waals surface area contributed by atoms with E-state index in [1.54, 1.807) is 0 Å². The highest BCUT2D eigenvalue weighted by Gasteiger charge is 2.13. The molecule has 0 fully saturated rings. The second kappa shape index (κ2) is 30.2. The van der Waals surface area contributed by atoms with Crippen molar-refractivity contribution in [3.63, 3.8) is 0 Å². The zero-order valence-electron chi connectivity index (χ0n) is 25.5. The van der Waals surface area contributed by atoms with E-state index in [-0.39, 0.29) is 12.1 Å². The lowest BCUT2D eigenvalue weighted by atomic mass is 10.0. The van der Waals surface area contributed by atoms with Gasteiger partial charge in [-0.2, -0.15) is 0 Å². The fourth-order valence-electron chi connectivity index (χ4n) is 4.99. The summed E-state index contributed by atoms with van der Waals surface area (Å²) in [7, 11) is 0. The maximum atomic E-state index is 12.4. The predicted octanol–water partition coefficient (Wildman–Crippen LogP) is 11.1. The largest absolute Gasteiger partial charge is 0.481 e. The number of carboxylic acid groups (broad SMARTS) is 1. The Morgan fingerprint density at radius 3 is 1.50 bits per heavy atom. The molecular formula is C34H64O4. The minimum absolute atomic E-state index is 0.0143. The molecule has 0 aromatic heterocycles. The molecule has 0 rings (SSSR count). The van der Waals surface area contributed by atoms with Crippen molar-refractivity contribution < 1.29 is 19.4 Å². The molecule has 1 atom stereocenters. The molecule has 0 heterocycles. The molecule has 0 amide bonds. The number of allylic oxidation sites excluding steroid dienone is 2. The Labute approximate surface area is 236 Å². The molecule has 0 aliphatic rings. The third kappa shape index (κ3) is 29.2. The third-order valence-electron chi connectivity index (χ3n) is 7.49. The number of carboxylic acids is 1. The summed E-state index contributed by atoms with van der Waals surface area (Å²) in [6.07, 6.45) is 35.4. The number of carbonyl (C=O) groups excluding carboxylic acids is 1. The summed E-state index contributed by atoms with van der Waals surface area (Å²) in [5, 5.41) is 8.66. The van der Waals surface area contributed by atoms with Crippen molar-refractivity contribution in [1.29, 1.82) is 0 Å². The van der Waals surface area contributed by atoms with Crippen molar-refractivity contribution in [2.24, 2.45) is 0 Å². The van der Waals surface area contributed by atoms with Gasteiger partial charge in [0.1, 0.15) is 6.10 Å². The number of carbonyl (C=O) groups is 2. The Hall–Kier alpha value is -1.32. The lowest BCUT2D eigenvalue weighted by molar-refractivity contribution is -0.150. The number of esters is 1. The van der Waals surface area contributed by atoms with Gasteiger partial charge < -0.3 is 9.84 Å². The first-order chi connectivity index (χ1) is 18.6. The molecule has 1 N–H and O–H groups in total. The monoisotopic (exact) mass is 536 g/mol. The molecular weight excluding hydrogens is 472 g/mol. The summed E-state index contributed by atoms with van der Waals surface area (Å²) < 4.78 is 5.88. The number of aliphatic carboxylic acids is 1. The zero-order valence-corrected chi connectivity index (χ0v) is 25.5. The molecule has 4 heteroatoms. The van der Waals surface area contributed by atoms with Gasteiger partial charge in [-0.05, 0) is 57.8 Å². The third-order valence-corrected chi connectivity index (χ3v) is 7.49. The Kier molecular flexibility index (Phi) is 29.2. The van der Waals surface area contributed by atoms with Gasteiger partial charge in [0.15, 0.2) is 0 Å². The first kappa shape index (κ1) is 36.7. The van der Waals surface area contributed by atoms with Gasteiger partial charge in [0.2, 0.25) is 0 Å². The standard InChI is InChI=1S/C34H64O4/c1-3-5-7-8-9-10-11-12-13-18-21-24-27-31-34(37)38-32(28-6-4-2)29-25-22-19-16-14-15-17-20-23-26-30-33(35)36/h10-11,32H,3-9,12-31H2,1-2H3,(H,35,36)/b11-10-. The first-order valence-electron chi connectivity index (χ1n) is 16.7. The highest BCUT2D eigenvalue weighted by Crippen LogP contribution is 2.17. The van der Waals surface area contributed by atoms with E-state index in [4.69, 9.17) is 9.84 Å². The van der Waals surface area contributed by atoms with Crippen molar-refractivity contribution in [3.8, 4) is 0 Å². The van der Waals surface area contributed by atoms with Crippen molar-refractivity contribution in [1.82, 2.24) is 0 Å². The lowest BCUT2D eigenvalue weighted by Crippen LogP contribution is -2.18. The molecule has 4 nitrogen and oxygen atoms in total. The van der Waals surface area contributed by atoms with Crippen LogP contribution in [0.15, 0.2) is 12.2 Å². The van der Waals surface area contributed by atoms with Gasteiger partial charge in [-0.1, -0.05) is 129 Å². The van der Waals surface area contributed by atoms with Crippen LogP contribution < -0.4 is 0 Å². The number of unbranched alkanes of at least 4 members (excludes halogenated alkanes) is 19. The molecule has 0 saturated carbocycles. The van der Waals surface area contributed by atoms with E-state index >= 15 is 0 Å². The van der Waals surface area contributed by atoms with Crippen LogP contribution in [0.5, 0.6) is 0 Å². The Morgan fingerprint density at radius 1 is 0.553 bits per heavy atom. The Balaban J connectivity index is 3.69. The number of hydrogen-bond acceptors (Lipinski definition) is 3. The van der Waals surface area contributed by atoms with E-state index in [9.17, 15) is 9.59 Å². The van der Waals surface area contributed by atoms with Crippen LogP contribution in [-0.4, -0.2) is 23.1 Å². The molecule has 0 spiro atoms. The zero-order chi connectivity index (χ0) is 27.9. The summed E-state index contributed by atoms with van der Waals surface area (Å²) in [6, 6.07) is 0. The number of hydrogen-bond donors (Lipinski definition) is 1. The molecule has 0 aromatic carbocycles.